The average Bonchev–Trinajstić information content (AvgIpc) is 2.35. The van der Waals surface area contributed by atoms with Crippen LogP contribution in [0.15, 0.2) is 29.2 Å². The number of ether oxygens (including phenoxy) is 1. The van der Waals surface area contributed by atoms with Crippen LogP contribution in [0.2, 0.25) is 5.15 Å². The predicted octanol–water partition coefficient (Wildman–Crippen LogP) is 2.94. The summed E-state index contributed by atoms with van der Waals surface area (Å²) < 4.78 is 28.5. The molecule has 0 bridgehead atoms. The molecule has 0 unspecified atom stereocenters. The van der Waals surface area contributed by atoms with Crippen LogP contribution in [0.3, 0.4) is 0 Å². The predicted molar refractivity (Wildman–Crippen MR) is 76.1 cm³/mol. The van der Waals surface area contributed by atoms with Gasteiger partial charge in [-0.25, -0.2) is 18.4 Å². The van der Waals surface area contributed by atoms with E-state index in [2.05, 4.69) is 9.97 Å². The van der Waals surface area contributed by atoms with Gasteiger partial charge in [0.25, 0.3) is 5.88 Å². The van der Waals surface area contributed by atoms with Crippen molar-refractivity contribution in [3.8, 4) is 11.6 Å². The van der Waals surface area contributed by atoms with Gasteiger partial charge in [0.15, 0.2) is 15.0 Å². The van der Waals surface area contributed by atoms with E-state index < -0.39 is 9.84 Å². The van der Waals surface area contributed by atoms with Gasteiger partial charge in [0.2, 0.25) is 0 Å². The van der Waals surface area contributed by atoms with E-state index in [0.29, 0.717) is 17.1 Å². The standard InChI is InChI=1S/C13H13ClN2O3S/c1-8-9(2)16-13(12(14)15-8)19-10-5-4-6-11(7-10)20(3,17)18/h4-7H,1-3H3. The Morgan fingerprint density at radius 2 is 1.80 bits per heavy atom. The van der Waals surface area contributed by atoms with Crippen LogP contribution in [-0.4, -0.2) is 24.6 Å². The van der Waals surface area contributed by atoms with Crippen LogP contribution in [0.25, 0.3) is 0 Å². The zero-order valence-corrected chi connectivity index (χ0v) is 12.8. The lowest BCUT2D eigenvalue weighted by Crippen LogP contribution is -1.99. The summed E-state index contributed by atoms with van der Waals surface area (Å²) in [5, 5.41) is 0.137. The lowest BCUT2D eigenvalue weighted by Gasteiger charge is -2.09. The van der Waals surface area contributed by atoms with Crippen molar-refractivity contribution in [3.63, 3.8) is 0 Å². The summed E-state index contributed by atoms with van der Waals surface area (Å²) in [6, 6.07) is 6.13. The van der Waals surface area contributed by atoms with E-state index in [-0.39, 0.29) is 15.9 Å². The average molecular weight is 313 g/mol. The first-order chi connectivity index (χ1) is 9.27. The maximum atomic E-state index is 11.5. The van der Waals surface area contributed by atoms with Gasteiger partial charge in [0, 0.05) is 6.26 Å². The molecule has 1 aromatic heterocycles. The molecule has 0 atom stereocenters. The minimum Gasteiger partial charge on any atom is -0.436 e. The molecule has 1 aromatic carbocycles. The molecule has 0 spiro atoms. The Morgan fingerprint density at radius 3 is 2.45 bits per heavy atom. The van der Waals surface area contributed by atoms with E-state index in [9.17, 15) is 8.42 Å². The number of hydrogen-bond donors (Lipinski definition) is 0. The summed E-state index contributed by atoms with van der Waals surface area (Å²) in [6.45, 7) is 3.58. The quantitative estimate of drug-likeness (QED) is 0.871. The number of rotatable bonds is 3. The summed E-state index contributed by atoms with van der Waals surface area (Å²) in [7, 11) is -3.29. The van der Waals surface area contributed by atoms with Crippen LogP contribution in [0.4, 0.5) is 0 Å². The zero-order chi connectivity index (χ0) is 14.9. The smallest absolute Gasteiger partial charge is 0.257 e. The number of sulfone groups is 1. The second kappa shape index (κ2) is 5.38. The number of hydrogen-bond acceptors (Lipinski definition) is 5. The molecular weight excluding hydrogens is 300 g/mol. The Balaban J connectivity index is 2.38. The van der Waals surface area contributed by atoms with Gasteiger partial charge in [0.1, 0.15) is 5.75 Å². The third-order valence-electron chi connectivity index (χ3n) is 2.68. The molecule has 106 valence electrons. The van der Waals surface area contributed by atoms with Gasteiger partial charge >= 0.3 is 0 Å². The van der Waals surface area contributed by atoms with Gasteiger partial charge in [-0.15, -0.1) is 0 Å². The van der Waals surface area contributed by atoms with Crippen molar-refractivity contribution in [3.05, 3.63) is 40.8 Å². The SMILES string of the molecule is Cc1nc(Cl)c(Oc2cccc(S(C)(=O)=O)c2)nc1C. The number of aromatic nitrogens is 2. The topological polar surface area (TPSA) is 69.2 Å². The molecule has 20 heavy (non-hydrogen) atoms. The van der Waals surface area contributed by atoms with Crippen molar-refractivity contribution in [2.45, 2.75) is 18.7 Å². The Kier molecular flexibility index (Phi) is 3.96. The summed E-state index contributed by atoms with van der Waals surface area (Å²) in [5.74, 6) is 0.493. The first-order valence-electron chi connectivity index (χ1n) is 5.76. The molecule has 2 rings (SSSR count). The molecule has 7 heteroatoms. The number of benzene rings is 1. The van der Waals surface area contributed by atoms with Gasteiger partial charge in [0.05, 0.1) is 16.3 Å². The van der Waals surface area contributed by atoms with Gasteiger partial charge in [-0.3, -0.25) is 0 Å². The fourth-order valence-electron chi connectivity index (χ4n) is 1.50. The van der Waals surface area contributed by atoms with Crippen molar-refractivity contribution in [1.82, 2.24) is 9.97 Å². The van der Waals surface area contributed by atoms with Gasteiger partial charge < -0.3 is 4.74 Å². The van der Waals surface area contributed by atoms with Gasteiger partial charge in [-0.05, 0) is 32.0 Å². The van der Waals surface area contributed by atoms with E-state index in [0.717, 1.165) is 6.26 Å². The molecule has 0 N–H and O–H groups in total. The first-order valence-corrected chi connectivity index (χ1v) is 8.03. The highest BCUT2D eigenvalue weighted by Crippen LogP contribution is 2.28. The molecule has 5 nitrogen and oxygen atoms in total. The van der Waals surface area contributed by atoms with Crippen molar-refractivity contribution in [2.24, 2.45) is 0 Å². The van der Waals surface area contributed by atoms with Crippen LogP contribution in [0.1, 0.15) is 11.4 Å². The molecule has 0 aliphatic carbocycles. The summed E-state index contributed by atoms with van der Waals surface area (Å²) in [4.78, 5) is 8.46. The molecule has 0 saturated carbocycles. The molecule has 0 aliphatic rings. The van der Waals surface area contributed by atoms with E-state index in [1.807, 2.05) is 0 Å². The lowest BCUT2D eigenvalue weighted by molar-refractivity contribution is 0.456. The summed E-state index contributed by atoms with van der Waals surface area (Å²) in [6.07, 6.45) is 1.13. The highest BCUT2D eigenvalue weighted by molar-refractivity contribution is 7.90. The van der Waals surface area contributed by atoms with E-state index in [1.165, 1.54) is 12.1 Å². The molecule has 0 saturated heterocycles. The van der Waals surface area contributed by atoms with Crippen LogP contribution < -0.4 is 4.74 Å². The molecule has 1 heterocycles. The summed E-state index contributed by atoms with van der Waals surface area (Å²) >= 11 is 5.96. The van der Waals surface area contributed by atoms with Crippen molar-refractivity contribution >= 4 is 21.4 Å². The molecule has 2 aromatic rings. The largest absolute Gasteiger partial charge is 0.436 e. The maximum absolute atomic E-state index is 11.5. The van der Waals surface area contributed by atoms with Gasteiger partial charge in [-0.2, -0.15) is 0 Å². The van der Waals surface area contributed by atoms with Crippen molar-refractivity contribution in [2.75, 3.05) is 6.26 Å². The Bertz CT molecular complexity index is 760. The second-order valence-electron chi connectivity index (χ2n) is 4.34. The first kappa shape index (κ1) is 14.7. The molecule has 0 aliphatic heterocycles. The third kappa shape index (κ3) is 3.26. The van der Waals surface area contributed by atoms with E-state index in [4.69, 9.17) is 16.3 Å². The number of aryl methyl sites for hydroxylation is 2. The number of nitrogens with zero attached hydrogens (tertiary/aromatic N) is 2. The fraction of sp³-hybridized carbons (Fsp3) is 0.231. The van der Waals surface area contributed by atoms with E-state index in [1.54, 1.807) is 26.0 Å². The van der Waals surface area contributed by atoms with Crippen molar-refractivity contribution < 1.29 is 13.2 Å². The minimum absolute atomic E-state index is 0.137. The normalized spacial score (nSPS) is 11.4. The van der Waals surface area contributed by atoms with Crippen LogP contribution in [-0.2, 0) is 9.84 Å². The third-order valence-corrected chi connectivity index (χ3v) is 4.04. The lowest BCUT2D eigenvalue weighted by atomic mass is 10.3. The van der Waals surface area contributed by atoms with Crippen LogP contribution in [0, 0.1) is 13.8 Å². The van der Waals surface area contributed by atoms with Crippen LogP contribution >= 0.6 is 11.6 Å². The Morgan fingerprint density at radius 1 is 1.15 bits per heavy atom. The zero-order valence-electron chi connectivity index (χ0n) is 11.2. The summed E-state index contributed by atoms with van der Waals surface area (Å²) in [5.41, 5.74) is 1.41. The molecule has 0 fully saturated rings. The molecular formula is C13H13ClN2O3S. The minimum atomic E-state index is -3.29. The Labute approximate surface area is 122 Å². The van der Waals surface area contributed by atoms with E-state index >= 15 is 0 Å². The number of halogens is 1. The highest BCUT2D eigenvalue weighted by Gasteiger charge is 2.12. The Hall–Kier alpha value is -1.66. The highest BCUT2D eigenvalue weighted by atomic mass is 35.5. The molecule has 0 radical (unpaired) electrons. The van der Waals surface area contributed by atoms with Crippen LogP contribution in [0.5, 0.6) is 11.6 Å². The van der Waals surface area contributed by atoms with Crippen molar-refractivity contribution in [1.29, 1.82) is 0 Å². The van der Waals surface area contributed by atoms with Gasteiger partial charge in [-0.1, -0.05) is 17.7 Å². The second-order valence-corrected chi connectivity index (χ2v) is 6.71. The monoisotopic (exact) mass is 312 g/mol. The fourth-order valence-corrected chi connectivity index (χ4v) is 2.36. The molecule has 0 amide bonds. The maximum Gasteiger partial charge on any atom is 0.257 e.